The van der Waals surface area contributed by atoms with Gasteiger partial charge in [-0.1, -0.05) is 23.2 Å². The molecule has 0 radical (unpaired) electrons. The first-order valence-electron chi connectivity index (χ1n) is 16.8. The first-order chi connectivity index (χ1) is 25.9. The number of nitrogens with one attached hydrogen (secondary N) is 2. The topological polar surface area (TPSA) is 210 Å². The van der Waals surface area contributed by atoms with E-state index < -0.39 is 45.4 Å². The Bertz CT molecular complexity index is 2050. The van der Waals surface area contributed by atoms with E-state index in [0.29, 0.717) is 71.9 Å². The molecule has 4 aromatic carbocycles. The molecule has 0 amide bonds. The van der Waals surface area contributed by atoms with Gasteiger partial charge in [0, 0.05) is 96.1 Å². The fourth-order valence-corrected chi connectivity index (χ4v) is 7.46. The van der Waals surface area contributed by atoms with Crippen LogP contribution in [0.5, 0.6) is 11.5 Å². The number of non-ortho nitro benzene ring substituents is 2. The van der Waals surface area contributed by atoms with Gasteiger partial charge >= 0.3 is 0 Å². The quantitative estimate of drug-likeness (QED) is 0.0662. The van der Waals surface area contributed by atoms with Crippen LogP contribution in [0, 0.1) is 20.2 Å². The maximum Gasteiger partial charge on any atom is 0.269 e. The lowest BCUT2D eigenvalue weighted by Crippen LogP contribution is -2.31. The van der Waals surface area contributed by atoms with Crippen molar-refractivity contribution >= 4 is 57.5 Å². The summed E-state index contributed by atoms with van der Waals surface area (Å²) >= 11 is 12.8. The number of anilines is 2. The van der Waals surface area contributed by atoms with Crippen molar-refractivity contribution in [3.05, 3.63) is 124 Å². The molecule has 2 unspecified atom stereocenters. The number of hydrogen-bond acceptors (Lipinski definition) is 14. The SMILES string of the molecule is O=C1c2c(O)ccc(O)c2C(=O)c2c(NCCN3CCOC3c3cc([N+](=O)[O-])ccc3Cl)ccc(NCCN3CCOC3c3cc([N+](=O)[O-])ccc3Cl)c21. The summed E-state index contributed by atoms with van der Waals surface area (Å²) in [6.45, 7) is 2.93. The van der Waals surface area contributed by atoms with Crippen LogP contribution in [0.4, 0.5) is 22.7 Å². The zero-order valence-corrected chi connectivity index (χ0v) is 29.8. The molecule has 3 aliphatic rings. The smallest absolute Gasteiger partial charge is 0.269 e. The minimum Gasteiger partial charge on any atom is -0.507 e. The summed E-state index contributed by atoms with van der Waals surface area (Å²) in [5.41, 5.74) is 0.635. The summed E-state index contributed by atoms with van der Waals surface area (Å²) < 4.78 is 11.8. The van der Waals surface area contributed by atoms with Crippen molar-refractivity contribution in [1.82, 2.24) is 9.80 Å². The predicted octanol–water partition coefficient (Wildman–Crippen LogP) is 5.88. The van der Waals surface area contributed by atoms with E-state index in [9.17, 15) is 40.0 Å². The Balaban J connectivity index is 1.12. The molecule has 0 saturated carbocycles. The number of phenols is 2. The highest BCUT2D eigenvalue weighted by molar-refractivity contribution is 6.33. The molecule has 0 spiro atoms. The van der Waals surface area contributed by atoms with Crippen LogP contribution in [0.2, 0.25) is 10.0 Å². The average molecular weight is 780 g/mol. The van der Waals surface area contributed by atoms with E-state index in [2.05, 4.69) is 10.6 Å². The minimum atomic E-state index is -0.668. The second kappa shape index (κ2) is 15.2. The van der Waals surface area contributed by atoms with E-state index in [4.69, 9.17) is 32.7 Å². The molecular formula is C36H32Cl2N6O10. The maximum atomic E-state index is 14.1. The van der Waals surface area contributed by atoms with Gasteiger partial charge in [0.1, 0.15) is 24.0 Å². The first-order valence-corrected chi connectivity index (χ1v) is 17.6. The number of benzene rings is 4. The van der Waals surface area contributed by atoms with Gasteiger partial charge in [-0.15, -0.1) is 0 Å². The fraction of sp³-hybridized carbons (Fsp3) is 0.278. The van der Waals surface area contributed by atoms with Gasteiger partial charge < -0.3 is 30.3 Å². The molecule has 18 heteroatoms. The Morgan fingerprint density at radius 3 is 1.46 bits per heavy atom. The van der Waals surface area contributed by atoms with Gasteiger partial charge in [0.2, 0.25) is 11.6 Å². The minimum absolute atomic E-state index is 0.000102. The zero-order valence-electron chi connectivity index (χ0n) is 28.3. The highest BCUT2D eigenvalue weighted by atomic mass is 35.5. The number of rotatable bonds is 12. The van der Waals surface area contributed by atoms with Crippen LogP contribution in [-0.4, -0.2) is 93.9 Å². The first kappa shape index (κ1) is 37.0. The molecule has 2 aliphatic heterocycles. The van der Waals surface area contributed by atoms with E-state index >= 15 is 0 Å². The lowest BCUT2D eigenvalue weighted by molar-refractivity contribution is -0.385. The molecule has 16 nitrogen and oxygen atoms in total. The lowest BCUT2D eigenvalue weighted by Gasteiger charge is -2.27. The summed E-state index contributed by atoms with van der Waals surface area (Å²) in [5, 5.41) is 51.3. The molecule has 2 heterocycles. The molecule has 0 aromatic heterocycles. The van der Waals surface area contributed by atoms with Crippen molar-refractivity contribution in [3.8, 4) is 11.5 Å². The van der Waals surface area contributed by atoms with Crippen molar-refractivity contribution in [2.24, 2.45) is 0 Å². The number of nitro groups is 2. The molecule has 7 rings (SSSR count). The van der Waals surface area contributed by atoms with Crippen LogP contribution in [-0.2, 0) is 9.47 Å². The third kappa shape index (κ3) is 6.90. The summed E-state index contributed by atoms with van der Waals surface area (Å²) in [4.78, 5) is 53.8. The van der Waals surface area contributed by atoms with Crippen LogP contribution < -0.4 is 10.6 Å². The van der Waals surface area contributed by atoms with Gasteiger partial charge in [-0.2, -0.15) is 0 Å². The number of carbonyl (C=O) groups excluding carboxylic acids is 2. The highest BCUT2D eigenvalue weighted by Crippen LogP contribution is 2.43. The normalized spacial score (nSPS) is 18.4. The number of nitro benzene ring substituents is 2. The molecule has 54 heavy (non-hydrogen) atoms. The summed E-state index contributed by atoms with van der Waals surface area (Å²) in [7, 11) is 0. The lowest BCUT2D eigenvalue weighted by atomic mass is 9.81. The standard InChI is InChI=1S/C36H32Cl2N6O10/c37-23-3-1-19(43(49)50)17-21(23)35-41(13-15-53-35)11-9-39-25-5-6-26(30-29(25)33(47)31-27(45)7-8-28(46)32(31)34(30)48)40-10-12-42-14-16-54-36(42)22-18-20(44(51)52)2-4-24(22)38/h1-8,17-18,35-36,39-40,45-46H,9-16H2. The van der Waals surface area contributed by atoms with E-state index in [1.54, 1.807) is 12.1 Å². The number of ketones is 2. The van der Waals surface area contributed by atoms with Crippen LogP contribution in [0.1, 0.15) is 55.4 Å². The van der Waals surface area contributed by atoms with Crippen LogP contribution in [0.3, 0.4) is 0 Å². The molecular weight excluding hydrogens is 747 g/mol. The van der Waals surface area contributed by atoms with Crippen molar-refractivity contribution in [3.63, 3.8) is 0 Å². The number of nitrogens with zero attached hydrogens (tertiary/aromatic N) is 4. The number of fused-ring (bicyclic) bond motifs is 2. The predicted molar refractivity (Wildman–Crippen MR) is 197 cm³/mol. The molecule has 0 bridgehead atoms. The molecule has 4 N–H and O–H groups in total. The average Bonchev–Trinajstić information content (AvgIpc) is 3.82. The second-order valence-corrected chi connectivity index (χ2v) is 13.5. The van der Waals surface area contributed by atoms with Crippen molar-refractivity contribution < 1.29 is 39.1 Å². The van der Waals surface area contributed by atoms with Crippen LogP contribution in [0.15, 0.2) is 60.7 Å². The van der Waals surface area contributed by atoms with E-state index in [-0.39, 0.29) is 46.7 Å². The molecule has 280 valence electrons. The fourth-order valence-electron chi connectivity index (χ4n) is 7.04. The van der Waals surface area contributed by atoms with E-state index in [0.717, 1.165) is 12.1 Å². The van der Waals surface area contributed by atoms with Gasteiger partial charge in [-0.3, -0.25) is 39.6 Å². The van der Waals surface area contributed by atoms with Gasteiger partial charge in [0.15, 0.2) is 0 Å². The Hall–Kier alpha value is -5.36. The number of phenolic OH excluding ortho intramolecular Hbond substituents is 2. The number of carbonyl (C=O) groups is 2. The van der Waals surface area contributed by atoms with Crippen molar-refractivity contribution in [2.75, 3.05) is 63.1 Å². The Morgan fingerprint density at radius 1 is 0.667 bits per heavy atom. The Labute approximate surface area is 317 Å². The number of hydrogen-bond donors (Lipinski definition) is 4. The number of aromatic hydroxyl groups is 2. The zero-order chi connectivity index (χ0) is 38.3. The van der Waals surface area contributed by atoms with Crippen LogP contribution in [0.25, 0.3) is 0 Å². The van der Waals surface area contributed by atoms with E-state index in [1.807, 2.05) is 9.80 Å². The van der Waals surface area contributed by atoms with Gasteiger partial charge in [0.25, 0.3) is 11.4 Å². The third-order valence-electron chi connectivity index (χ3n) is 9.59. The Kier molecular flexibility index (Phi) is 10.4. The second-order valence-electron chi connectivity index (χ2n) is 12.7. The maximum absolute atomic E-state index is 14.1. The van der Waals surface area contributed by atoms with Crippen molar-refractivity contribution in [1.29, 1.82) is 0 Å². The summed E-state index contributed by atoms with van der Waals surface area (Å²) in [6.07, 6.45) is -1.30. The number of halogens is 2. The largest absolute Gasteiger partial charge is 0.507 e. The van der Waals surface area contributed by atoms with E-state index in [1.165, 1.54) is 36.4 Å². The van der Waals surface area contributed by atoms with Gasteiger partial charge in [-0.25, -0.2) is 0 Å². The van der Waals surface area contributed by atoms with Gasteiger partial charge in [-0.05, 0) is 36.4 Å². The molecule has 2 atom stereocenters. The van der Waals surface area contributed by atoms with Crippen LogP contribution >= 0.6 is 23.2 Å². The molecule has 2 fully saturated rings. The highest BCUT2D eigenvalue weighted by Gasteiger charge is 2.38. The Morgan fingerprint density at radius 2 is 1.07 bits per heavy atom. The summed E-state index contributed by atoms with van der Waals surface area (Å²) in [6, 6.07) is 13.9. The summed E-state index contributed by atoms with van der Waals surface area (Å²) in [5.74, 6) is -2.25. The monoisotopic (exact) mass is 778 g/mol. The van der Waals surface area contributed by atoms with Gasteiger partial charge in [0.05, 0.1) is 45.3 Å². The molecule has 1 aliphatic carbocycles. The molecule has 4 aromatic rings. The van der Waals surface area contributed by atoms with Crippen molar-refractivity contribution in [2.45, 2.75) is 12.5 Å². The number of ether oxygens (including phenoxy) is 2. The molecule has 2 saturated heterocycles. The third-order valence-corrected chi connectivity index (χ3v) is 10.3.